The summed E-state index contributed by atoms with van der Waals surface area (Å²) in [7, 11) is 1.62. The molecule has 0 aliphatic carbocycles. The van der Waals surface area contributed by atoms with Crippen LogP contribution in [0.4, 0.5) is 15.8 Å². The largest absolute Gasteiger partial charge is 0.497 e. The first-order valence-corrected chi connectivity index (χ1v) is 8.52. The van der Waals surface area contributed by atoms with Crippen molar-refractivity contribution < 1.29 is 18.7 Å². The van der Waals surface area contributed by atoms with E-state index in [-0.39, 0.29) is 18.2 Å². The predicted octanol–water partition coefficient (Wildman–Crippen LogP) is 3.73. The molecule has 1 fully saturated rings. The molecule has 1 N–H and O–H groups in total. The third-order valence-corrected chi connectivity index (χ3v) is 4.62. The fourth-order valence-electron chi connectivity index (χ4n) is 3.25. The summed E-state index contributed by atoms with van der Waals surface area (Å²) in [6.45, 7) is 0. The number of amides is 2. The van der Waals surface area contributed by atoms with Crippen molar-refractivity contribution >= 4 is 34.0 Å². The molecular formula is C21H17FN2O3. The number of anilines is 2. The van der Waals surface area contributed by atoms with Crippen molar-refractivity contribution in [3.05, 3.63) is 66.5 Å². The van der Waals surface area contributed by atoms with Gasteiger partial charge in [-0.05, 0) is 59.3 Å². The van der Waals surface area contributed by atoms with Crippen molar-refractivity contribution in [1.82, 2.24) is 0 Å². The van der Waals surface area contributed by atoms with Gasteiger partial charge in [-0.3, -0.25) is 9.59 Å². The Labute approximate surface area is 155 Å². The van der Waals surface area contributed by atoms with Gasteiger partial charge >= 0.3 is 0 Å². The maximum absolute atomic E-state index is 13.1. The lowest BCUT2D eigenvalue weighted by molar-refractivity contribution is -0.121. The third kappa shape index (κ3) is 3.21. The van der Waals surface area contributed by atoms with Gasteiger partial charge in [0.05, 0.1) is 19.2 Å². The van der Waals surface area contributed by atoms with Crippen molar-refractivity contribution in [2.24, 2.45) is 0 Å². The number of ether oxygens (including phenoxy) is 1. The number of nitrogens with zero attached hydrogens (tertiary/aromatic N) is 1. The highest BCUT2D eigenvalue weighted by Gasteiger charge is 2.39. The number of halogens is 1. The van der Waals surface area contributed by atoms with Crippen LogP contribution in [0.25, 0.3) is 10.8 Å². The summed E-state index contributed by atoms with van der Waals surface area (Å²) in [6.07, 6.45) is 0.0524. The number of fused-ring (bicyclic) bond motifs is 1. The summed E-state index contributed by atoms with van der Waals surface area (Å²) < 4.78 is 18.3. The monoisotopic (exact) mass is 364 g/mol. The Balaban J connectivity index is 1.56. The van der Waals surface area contributed by atoms with Crippen LogP contribution in [0, 0.1) is 5.82 Å². The molecule has 136 valence electrons. The van der Waals surface area contributed by atoms with Gasteiger partial charge in [0.2, 0.25) is 5.91 Å². The predicted molar refractivity (Wildman–Crippen MR) is 101 cm³/mol. The molecule has 1 aliphatic heterocycles. The molecule has 1 atom stereocenters. The minimum Gasteiger partial charge on any atom is -0.497 e. The molecule has 3 aromatic rings. The summed E-state index contributed by atoms with van der Waals surface area (Å²) in [4.78, 5) is 26.1. The highest BCUT2D eigenvalue weighted by Crippen LogP contribution is 2.27. The van der Waals surface area contributed by atoms with E-state index in [1.165, 1.54) is 24.3 Å². The molecular weight excluding hydrogens is 347 g/mol. The van der Waals surface area contributed by atoms with Gasteiger partial charge in [-0.15, -0.1) is 0 Å². The van der Waals surface area contributed by atoms with E-state index >= 15 is 0 Å². The summed E-state index contributed by atoms with van der Waals surface area (Å²) in [5, 5.41) is 5.14. The molecule has 1 saturated heterocycles. The van der Waals surface area contributed by atoms with Crippen molar-refractivity contribution in [3.63, 3.8) is 0 Å². The van der Waals surface area contributed by atoms with Crippen LogP contribution in [0.1, 0.15) is 6.42 Å². The summed E-state index contributed by atoms with van der Waals surface area (Å²) in [5.41, 5.74) is 1.13. The van der Waals surface area contributed by atoms with Gasteiger partial charge in [-0.25, -0.2) is 9.29 Å². The molecule has 0 radical (unpaired) electrons. The molecule has 5 nitrogen and oxygen atoms in total. The van der Waals surface area contributed by atoms with Crippen LogP contribution in [0.15, 0.2) is 60.7 Å². The lowest BCUT2D eigenvalue weighted by atomic mass is 10.1. The zero-order valence-corrected chi connectivity index (χ0v) is 14.6. The highest BCUT2D eigenvalue weighted by molar-refractivity contribution is 6.23. The van der Waals surface area contributed by atoms with E-state index in [2.05, 4.69) is 5.32 Å². The van der Waals surface area contributed by atoms with E-state index < -0.39 is 11.9 Å². The number of methoxy groups -OCH3 is 1. The molecule has 2 amide bonds. The van der Waals surface area contributed by atoms with Crippen LogP contribution in [0.5, 0.6) is 5.75 Å². The number of hydrogen-bond acceptors (Lipinski definition) is 4. The van der Waals surface area contributed by atoms with Crippen LogP contribution < -0.4 is 15.0 Å². The third-order valence-electron chi connectivity index (χ3n) is 4.62. The molecule has 27 heavy (non-hydrogen) atoms. The van der Waals surface area contributed by atoms with Crippen LogP contribution in [-0.2, 0) is 9.59 Å². The molecule has 6 heteroatoms. The van der Waals surface area contributed by atoms with Crippen LogP contribution in [-0.4, -0.2) is 25.0 Å². The van der Waals surface area contributed by atoms with Gasteiger partial charge in [0.25, 0.3) is 5.91 Å². The molecule has 3 aromatic carbocycles. The number of benzene rings is 3. The Kier molecular flexibility index (Phi) is 4.24. The number of rotatable bonds is 4. The Bertz CT molecular complexity index is 1030. The Morgan fingerprint density at radius 1 is 1.00 bits per heavy atom. The summed E-state index contributed by atoms with van der Waals surface area (Å²) in [5.74, 6) is -0.300. The molecule has 0 spiro atoms. The van der Waals surface area contributed by atoms with Crippen molar-refractivity contribution in [1.29, 1.82) is 0 Å². The fourth-order valence-corrected chi connectivity index (χ4v) is 3.25. The smallest absolute Gasteiger partial charge is 0.256 e. The SMILES string of the molecule is COc1ccc2cc(NC3CC(=O)N(c4ccc(F)cc4)C3=O)ccc2c1. The van der Waals surface area contributed by atoms with E-state index in [1.54, 1.807) is 7.11 Å². The first-order chi connectivity index (χ1) is 13.0. The molecule has 1 aliphatic rings. The normalized spacial score (nSPS) is 16.8. The summed E-state index contributed by atoms with van der Waals surface area (Å²) in [6, 6.07) is 16.1. The van der Waals surface area contributed by atoms with E-state index in [0.717, 1.165) is 27.1 Å². The van der Waals surface area contributed by atoms with Gasteiger partial charge in [0.1, 0.15) is 17.6 Å². The molecule has 1 unspecified atom stereocenters. The van der Waals surface area contributed by atoms with E-state index in [0.29, 0.717) is 5.69 Å². The number of nitrogens with one attached hydrogen (secondary N) is 1. The second kappa shape index (κ2) is 6.72. The second-order valence-corrected chi connectivity index (χ2v) is 6.37. The molecule has 1 heterocycles. The number of hydrogen-bond donors (Lipinski definition) is 1. The minimum absolute atomic E-state index is 0.0524. The first-order valence-electron chi connectivity index (χ1n) is 8.52. The standard InChI is InChI=1S/C21H17FN2O3/c1-27-18-9-3-13-10-16(6-2-14(13)11-18)23-19-12-20(25)24(21(19)26)17-7-4-15(22)5-8-17/h2-11,19,23H,12H2,1H3. The van der Waals surface area contributed by atoms with Gasteiger partial charge in [0.15, 0.2) is 0 Å². The molecule has 0 saturated carbocycles. The van der Waals surface area contributed by atoms with Crippen LogP contribution in [0.3, 0.4) is 0 Å². The lowest BCUT2D eigenvalue weighted by Crippen LogP contribution is -2.34. The molecule has 4 rings (SSSR count). The second-order valence-electron chi connectivity index (χ2n) is 6.37. The number of carbonyl (C=O) groups is 2. The average Bonchev–Trinajstić information content (AvgIpc) is 2.95. The fraction of sp³-hybridized carbons (Fsp3) is 0.143. The van der Waals surface area contributed by atoms with Crippen LogP contribution in [0.2, 0.25) is 0 Å². The highest BCUT2D eigenvalue weighted by atomic mass is 19.1. The van der Waals surface area contributed by atoms with E-state index in [4.69, 9.17) is 4.74 Å². The van der Waals surface area contributed by atoms with Gasteiger partial charge < -0.3 is 10.1 Å². The zero-order valence-electron chi connectivity index (χ0n) is 14.6. The number of imide groups is 1. The van der Waals surface area contributed by atoms with Gasteiger partial charge in [0, 0.05) is 5.69 Å². The Morgan fingerprint density at radius 3 is 2.44 bits per heavy atom. The van der Waals surface area contributed by atoms with Gasteiger partial charge in [-0.1, -0.05) is 12.1 Å². The zero-order chi connectivity index (χ0) is 19.0. The van der Waals surface area contributed by atoms with Crippen molar-refractivity contribution in [3.8, 4) is 5.75 Å². The maximum Gasteiger partial charge on any atom is 0.256 e. The lowest BCUT2D eigenvalue weighted by Gasteiger charge is -2.16. The Morgan fingerprint density at radius 2 is 1.70 bits per heavy atom. The first kappa shape index (κ1) is 17.0. The maximum atomic E-state index is 13.1. The van der Waals surface area contributed by atoms with Crippen molar-refractivity contribution in [2.45, 2.75) is 12.5 Å². The van der Waals surface area contributed by atoms with Crippen molar-refractivity contribution in [2.75, 3.05) is 17.3 Å². The molecule has 0 bridgehead atoms. The topological polar surface area (TPSA) is 58.6 Å². The quantitative estimate of drug-likeness (QED) is 0.717. The molecule has 0 aromatic heterocycles. The Hall–Kier alpha value is -3.41. The number of carbonyl (C=O) groups excluding carboxylic acids is 2. The summed E-state index contributed by atoms with van der Waals surface area (Å²) >= 11 is 0. The average molecular weight is 364 g/mol. The minimum atomic E-state index is -0.654. The van der Waals surface area contributed by atoms with Crippen LogP contribution >= 0.6 is 0 Å². The van der Waals surface area contributed by atoms with E-state index in [9.17, 15) is 14.0 Å². The van der Waals surface area contributed by atoms with Gasteiger partial charge in [-0.2, -0.15) is 0 Å². The van der Waals surface area contributed by atoms with E-state index in [1.807, 2.05) is 36.4 Å².